The van der Waals surface area contributed by atoms with Crippen molar-refractivity contribution in [2.45, 2.75) is 20.8 Å². The molecule has 0 spiro atoms. The average molecular weight is 303 g/mol. The summed E-state index contributed by atoms with van der Waals surface area (Å²) in [5, 5.41) is 0. The van der Waals surface area contributed by atoms with Gasteiger partial charge in [0.15, 0.2) is 0 Å². The van der Waals surface area contributed by atoms with Crippen molar-refractivity contribution in [2.75, 3.05) is 44.2 Å². The van der Waals surface area contributed by atoms with Gasteiger partial charge in [0.25, 0.3) is 0 Å². The summed E-state index contributed by atoms with van der Waals surface area (Å²) in [5.41, 5.74) is 1.82. The Balaban J connectivity index is 2.04. The number of rotatable bonds is 4. The van der Waals surface area contributed by atoms with Crippen LogP contribution in [0.15, 0.2) is 24.3 Å². The van der Waals surface area contributed by atoms with Crippen LogP contribution in [0.2, 0.25) is 0 Å². The van der Waals surface area contributed by atoms with Crippen LogP contribution in [0.4, 0.5) is 5.69 Å². The van der Waals surface area contributed by atoms with Gasteiger partial charge in [0.1, 0.15) is 6.54 Å². The first-order valence-corrected chi connectivity index (χ1v) is 7.86. The van der Waals surface area contributed by atoms with Gasteiger partial charge in [-0.05, 0) is 25.1 Å². The third kappa shape index (κ3) is 3.85. The summed E-state index contributed by atoms with van der Waals surface area (Å²) in [6.07, 6.45) is 0. The molecular weight excluding hydrogens is 278 g/mol. The van der Waals surface area contributed by atoms with Gasteiger partial charge in [-0.25, -0.2) is 0 Å². The molecule has 1 fully saturated rings. The highest BCUT2D eigenvalue weighted by Crippen LogP contribution is 2.19. The fraction of sp³-hybridized carbons (Fsp3) is 0.529. The van der Waals surface area contributed by atoms with Crippen molar-refractivity contribution in [3.8, 4) is 0 Å². The number of carbonyl (C=O) groups excluding carboxylic acids is 2. The van der Waals surface area contributed by atoms with Gasteiger partial charge in [-0.1, -0.05) is 25.1 Å². The van der Waals surface area contributed by atoms with Crippen LogP contribution in [-0.2, 0) is 9.59 Å². The molecule has 1 heterocycles. The molecule has 0 saturated carbocycles. The van der Waals surface area contributed by atoms with Crippen LogP contribution in [0, 0.1) is 6.92 Å². The topological polar surface area (TPSA) is 43.9 Å². The number of benzene rings is 1. The largest absolute Gasteiger partial charge is 0.339 e. The lowest BCUT2D eigenvalue weighted by atomic mass is 10.1. The lowest BCUT2D eigenvalue weighted by molar-refractivity contribution is -0.132. The number of nitrogens with zero attached hydrogens (tertiary/aromatic N) is 3. The van der Waals surface area contributed by atoms with Crippen LogP contribution in [0.25, 0.3) is 0 Å². The monoisotopic (exact) mass is 303 g/mol. The van der Waals surface area contributed by atoms with Crippen molar-refractivity contribution in [3.05, 3.63) is 29.8 Å². The van der Waals surface area contributed by atoms with E-state index in [2.05, 4.69) is 11.8 Å². The highest BCUT2D eigenvalue weighted by Gasteiger charge is 2.24. The molecule has 0 aromatic heterocycles. The predicted octanol–water partition coefficient (Wildman–Crippen LogP) is 1.51. The minimum absolute atomic E-state index is 0.0224. The van der Waals surface area contributed by atoms with E-state index >= 15 is 0 Å². The number of amides is 2. The van der Waals surface area contributed by atoms with Crippen molar-refractivity contribution in [1.82, 2.24) is 9.80 Å². The van der Waals surface area contributed by atoms with Crippen LogP contribution >= 0.6 is 0 Å². The SMILES string of the molecule is CCN1CCN(C(=O)CN(C(C)=O)c2ccccc2C)CC1. The van der Waals surface area contributed by atoms with Crippen LogP contribution < -0.4 is 4.90 Å². The van der Waals surface area contributed by atoms with E-state index in [0.717, 1.165) is 44.0 Å². The highest BCUT2D eigenvalue weighted by atomic mass is 16.2. The Hall–Kier alpha value is -1.88. The van der Waals surface area contributed by atoms with Gasteiger partial charge in [0.05, 0.1) is 0 Å². The van der Waals surface area contributed by atoms with Crippen molar-refractivity contribution >= 4 is 17.5 Å². The predicted molar refractivity (Wildman–Crippen MR) is 87.9 cm³/mol. The molecule has 1 aromatic carbocycles. The standard InChI is InChI=1S/C17H25N3O2/c1-4-18-9-11-19(12-10-18)17(22)13-20(15(3)21)16-8-6-5-7-14(16)2/h5-8H,4,9-13H2,1-3H3. The quantitative estimate of drug-likeness (QED) is 0.847. The molecule has 0 radical (unpaired) electrons. The van der Waals surface area contributed by atoms with E-state index in [9.17, 15) is 9.59 Å². The Morgan fingerprint density at radius 2 is 1.77 bits per heavy atom. The van der Waals surface area contributed by atoms with Crippen molar-refractivity contribution in [1.29, 1.82) is 0 Å². The van der Waals surface area contributed by atoms with E-state index < -0.39 is 0 Å². The van der Waals surface area contributed by atoms with Crippen LogP contribution in [0.3, 0.4) is 0 Å². The summed E-state index contributed by atoms with van der Waals surface area (Å²) in [6, 6.07) is 7.67. The molecule has 0 aliphatic carbocycles. The number of hydrogen-bond donors (Lipinski definition) is 0. The fourth-order valence-electron chi connectivity index (χ4n) is 2.78. The van der Waals surface area contributed by atoms with Crippen molar-refractivity contribution in [2.24, 2.45) is 0 Å². The first-order chi connectivity index (χ1) is 10.5. The third-order valence-corrected chi connectivity index (χ3v) is 4.25. The number of hydrogen-bond acceptors (Lipinski definition) is 3. The number of aryl methyl sites for hydroxylation is 1. The fourth-order valence-corrected chi connectivity index (χ4v) is 2.78. The molecule has 5 nitrogen and oxygen atoms in total. The van der Waals surface area contributed by atoms with E-state index in [-0.39, 0.29) is 18.4 Å². The van der Waals surface area contributed by atoms with Gasteiger partial charge in [0, 0.05) is 38.8 Å². The second-order valence-corrected chi connectivity index (χ2v) is 5.71. The Morgan fingerprint density at radius 3 is 2.32 bits per heavy atom. The third-order valence-electron chi connectivity index (χ3n) is 4.25. The molecule has 22 heavy (non-hydrogen) atoms. The molecule has 0 unspecified atom stereocenters. The lowest BCUT2D eigenvalue weighted by Crippen LogP contribution is -2.51. The first kappa shape index (κ1) is 16.5. The summed E-state index contributed by atoms with van der Waals surface area (Å²) >= 11 is 0. The number of para-hydroxylation sites is 1. The van der Waals surface area contributed by atoms with Crippen molar-refractivity contribution < 1.29 is 9.59 Å². The van der Waals surface area contributed by atoms with Gasteiger partial charge in [-0.15, -0.1) is 0 Å². The minimum atomic E-state index is -0.102. The molecule has 2 rings (SSSR count). The maximum atomic E-state index is 12.5. The first-order valence-electron chi connectivity index (χ1n) is 7.86. The summed E-state index contributed by atoms with van der Waals surface area (Å²) in [4.78, 5) is 30.2. The van der Waals surface area contributed by atoms with Gasteiger partial charge >= 0.3 is 0 Å². The summed E-state index contributed by atoms with van der Waals surface area (Å²) < 4.78 is 0. The van der Waals surface area contributed by atoms with E-state index in [1.54, 1.807) is 4.90 Å². The second kappa shape index (κ2) is 7.40. The number of piperazine rings is 1. The van der Waals surface area contributed by atoms with Crippen LogP contribution in [0.5, 0.6) is 0 Å². The Bertz CT molecular complexity index is 536. The Morgan fingerprint density at radius 1 is 1.14 bits per heavy atom. The molecule has 1 aliphatic rings. The van der Waals surface area contributed by atoms with E-state index in [1.165, 1.54) is 6.92 Å². The van der Waals surface area contributed by atoms with Crippen molar-refractivity contribution in [3.63, 3.8) is 0 Å². The maximum absolute atomic E-state index is 12.5. The smallest absolute Gasteiger partial charge is 0.242 e. The normalized spacial score (nSPS) is 15.7. The average Bonchev–Trinajstić information content (AvgIpc) is 2.53. The molecule has 1 aliphatic heterocycles. The zero-order chi connectivity index (χ0) is 16.1. The summed E-state index contributed by atoms with van der Waals surface area (Å²) in [5.74, 6) is -0.0796. The number of likely N-dealkylation sites (N-methyl/N-ethyl adjacent to an activating group) is 1. The zero-order valence-corrected chi connectivity index (χ0v) is 13.7. The maximum Gasteiger partial charge on any atom is 0.242 e. The van der Waals surface area contributed by atoms with E-state index in [1.807, 2.05) is 36.1 Å². The molecule has 0 atom stereocenters. The molecule has 0 bridgehead atoms. The van der Waals surface area contributed by atoms with Crippen LogP contribution in [-0.4, -0.2) is 60.9 Å². The van der Waals surface area contributed by atoms with Gasteiger partial charge in [-0.2, -0.15) is 0 Å². The number of anilines is 1. The molecule has 2 amide bonds. The highest BCUT2D eigenvalue weighted by molar-refractivity contribution is 5.98. The molecule has 0 N–H and O–H groups in total. The van der Waals surface area contributed by atoms with E-state index in [4.69, 9.17) is 0 Å². The Kier molecular flexibility index (Phi) is 5.55. The van der Waals surface area contributed by atoms with E-state index in [0.29, 0.717) is 0 Å². The van der Waals surface area contributed by atoms with Gasteiger partial charge in [0.2, 0.25) is 11.8 Å². The molecular formula is C17H25N3O2. The van der Waals surface area contributed by atoms with Gasteiger partial charge < -0.3 is 14.7 Å². The van der Waals surface area contributed by atoms with Gasteiger partial charge in [-0.3, -0.25) is 9.59 Å². The Labute approximate surface area is 132 Å². The molecule has 5 heteroatoms. The second-order valence-electron chi connectivity index (χ2n) is 5.71. The minimum Gasteiger partial charge on any atom is -0.339 e. The zero-order valence-electron chi connectivity index (χ0n) is 13.7. The summed E-state index contributed by atoms with van der Waals surface area (Å²) in [6.45, 7) is 10.0. The lowest BCUT2D eigenvalue weighted by Gasteiger charge is -2.35. The molecule has 120 valence electrons. The molecule has 1 saturated heterocycles. The molecule has 1 aromatic rings. The number of carbonyl (C=O) groups is 2. The van der Waals surface area contributed by atoms with Crippen LogP contribution in [0.1, 0.15) is 19.4 Å². The summed E-state index contributed by atoms with van der Waals surface area (Å²) in [7, 11) is 0.